The largest absolute Gasteiger partial charge is 0.381 e. The van der Waals surface area contributed by atoms with Crippen molar-refractivity contribution in [3.63, 3.8) is 0 Å². The molecule has 1 heterocycles. The first-order chi connectivity index (χ1) is 5.76. The van der Waals surface area contributed by atoms with Crippen LogP contribution < -0.4 is 0 Å². The van der Waals surface area contributed by atoms with E-state index in [-0.39, 0.29) is 6.10 Å². The molecule has 1 unspecified atom stereocenters. The fourth-order valence-electron chi connectivity index (χ4n) is 0.833. The van der Waals surface area contributed by atoms with Crippen LogP contribution in [0.3, 0.4) is 0 Å². The van der Waals surface area contributed by atoms with Gasteiger partial charge in [-0.2, -0.15) is 0 Å². The molecule has 4 heteroatoms. The van der Waals surface area contributed by atoms with Crippen molar-refractivity contribution in [3.8, 4) is 0 Å². The highest BCUT2D eigenvalue weighted by atomic mass is 35.5. The van der Waals surface area contributed by atoms with Crippen molar-refractivity contribution in [2.24, 2.45) is 0 Å². The van der Waals surface area contributed by atoms with Crippen LogP contribution in [-0.4, -0.2) is 18.2 Å². The maximum absolute atomic E-state index is 5.65. The molecule has 68 valence electrons. The van der Waals surface area contributed by atoms with Gasteiger partial charge in [0.25, 0.3) is 0 Å². The summed E-state index contributed by atoms with van der Waals surface area (Å²) >= 11 is 7.30. The van der Waals surface area contributed by atoms with Crippen LogP contribution in [-0.2, 0) is 17.0 Å². The number of nitrogens with zero attached hydrogens (tertiary/aromatic N) is 1. The van der Waals surface area contributed by atoms with Gasteiger partial charge in [-0.3, -0.25) is 0 Å². The van der Waals surface area contributed by atoms with Gasteiger partial charge < -0.3 is 4.74 Å². The lowest BCUT2D eigenvalue weighted by atomic mass is 10.3. The van der Waals surface area contributed by atoms with Crippen LogP contribution in [0.5, 0.6) is 0 Å². The molecule has 0 N–H and O–H groups in total. The Labute approximate surface area is 81.5 Å². The van der Waals surface area contributed by atoms with Gasteiger partial charge in [-0.15, -0.1) is 22.9 Å². The molecule has 0 fully saturated rings. The summed E-state index contributed by atoms with van der Waals surface area (Å²) in [4.78, 5) is 5.35. The Balaban J connectivity index is 2.52. The number of ether oxygens (including phenoxy) is 1. The summed E-state index contributed by atoms with van der Waals surface area (Å²) in [6, 6.07) is 0. The minimum atomic E-state index is 0.235. The zero-order valence-electron chi connectivity index (χ0n) is 7.21. The van der Waals surface area contributed by atoms with Crippen molar-refractivity contribution in [2.45, 2.75) is 25.3 Å². The Hall–Kier alpha value is -0.120. The molecule has 1 aromatic rings. The van der Waals surface area contributed by atoms with Gasteiger partial charge in [0.2, 0.25) is 0 Å². The maximum atomic E-state index is 5.65. The second-order valence-corrected chi connectivity index (χ2v) is 4.07. The average Bonchev–Trinajstić information content (AvgIpc) is 2.52. The standard InChI is InChI=1S/C8H12ClNOS/c1-6(11-2)3-8-10-5-7(4-9)12-8/h5-6H,3-4H2,1-2H3. The van der Waals surface area contributed by atoms with E-state index in [1.807, 2.05) is 13.1 Å². The predicted molar refractivity (Wildman–Crippen MR) is 51.8 cm³/mol. The van der Waals surface area contributed by atoms with E-state index < -0.39 is 0 Å². The molecule has 1 atom stereocenters. The Morgan fingerprint density at radius 2 is 2.50 bits per heavy atom. The Kier molecular flexibility index (Phi) is 3.98. The molecule has 0 saturated heterocycles. The molecular weight excluding hydrogens is 194 g/mol. The van der Waals surface area contributed by atoms with Crippen LogP contribution in [0.15, 0.2) is 6.20 Å². The van der Waals surface area contributed by atoms with Gasteiger partial charge in [0.05, 0.1) is 17.0 Å². The van der Waals surface area contributed by atoms with Crippen LogP contribution in [0.1, 0.15) is 16.8 Å². The Bertz CT molecular complexity index is 239. The predicted octanol–water partition coefficient (Wildman–Crippen LogP) is 2.46. The first-order valence-electron chi connectivity index (χ1n) is 3.78. The molecule has 0 aliphatic heterocycles. The van der Waals surface area contributed by atoms with Crippen molar-refractivity contribution in [1.82, 2.24) is 4.98 Å². The summed E-state index contributed by atoms with van der Waals surface area (Å²) in [5.41, 5.74) is 0. The van der Waals surface area contributed by atoms with Crippen molar-refractivity contribution in [3.05, 3.63) is 16.1 Å². The summed E-state index contributed by atoms with van der Waals surface area (Å²) < 4.78 is 5.13. The number of halogens is 1. The van der Waals surface area contributed by atoms with E-state index in [0.29, 0.717) is 5.88 Å². The second-order valence-electron chi connectivity index (χ2n) is 2.60. The third-order valence-corrected chi connectivity index (χ3v) is 3.06. The monoisotopic (exact) mass is 205 g/mol. The van der Waals surface area contributed by atoms with Crippen LogP contribution in [0.25, 0.3) is 0 Å². The smallest absolute Gasteiger partial charge is 0.0953 e. The molecule has 0 aromatic carbocycles. The molecular formula is C8H12ClNOS. The summed E-state index contributed by atoms with van der Waals surface area (Å²) in [5, 5.41) is 1.10. The van der Waals surface area contributed by atoms with E-state index in [9.17, 15) is 0 Å². The summed E-state index contributed by atoms with van der Waals surface area (Å²) in [6.07, 6.45) is 2.94. The quantitative estimate of drug-likeness (QED) is 0.705. The van der Waals surface area contributed by atoms with Crippen molar-refractivity contribution in [2.75, 3.05) is 7.11 Å². The van der Waals surface area contributed by atoms with Gasteiger partial charge in [-0.1, -0.05) is 0 Å². The second kappa shape index (κ2) is 4.80. The Morgan fingerprint density at radius 3 is 3.00 bits per heavy atom. The van der Waals surface area contributed by atoms with Gasteiger partial charge >= 0.3 is 0 Å². The third kappa shape index (κ3) is 2.73. The van der Waals surface area contributed by atoms with Crippen LogP contribution in [0, 0.1) is 0 Å². The summed E-state index contributed by atoms with van der Waals surface area (Å²) in [5.74, 6) is 0.555. The van der Waals surface area contributed by atoms with E-state index >= 15 is 0 Å². The molecule has 0 aliphatic carbocycles. The zero-order valence-corrected chi connectivity index (χ0v) is 8.78. The molecule has 0 amide bonds. The molecule has 1 aromatic heterocycles. The van der Waals surface area contributed by atoms with Gasteiger partial charge in [-0.05, 0) is 6.92 Å². The highest BCUT2D eigenvalue weighted by Crippen LogP contribution is 2.16. The van der Waals surface area contributed by atoms with Crippen molar-refractivity contribution < 1.29 is 4.74 Å². The third-order valence-electron chi connectivity index (χ3n) is 1.60. The number of alkyl halides is 1. The van der Waals surface area contributed by atoms with E-state index in [1.165, 1.54) is 0 Å². The fourth-order valence-corrected chi connectivity index (χ4v) is 1.95. The molecule has 12 heavy (non-hydrogen) atoms. The number of hydrogen-bond donors (Lipinski definition) is 0. The van der Waals surface area contributed by atoms with E-state index in [2.05, 4.69) is 4.98 Å². The van der Waals surface area contributed by atoms with E-state index in [1.54, 1.807) is 18.4 Å². The highest BCUT2D eigenvalue weighted by Gasteiger charge is 2.05. The van der Waals surface area contributed by atoms with Crippen LogP contribution in [0.2, 0.25) is 0 Å². The summed E-state index contributed by atoms with van der Waals surface area (Å²) in [6.45, 7) is 2.03. The molecule has 0 spiro atoms. The zero-order chi connectivity index (χ0) is 8.97. The first kappa shape index (κ1) is 9.96. The van der Waals surface area contributed by atoms with Gasteiger partial charge in [0.1, 0.15) is 0 Å². The SMILES string of the molecule is COC(C)Cc1ncc(CCl)s1. The van der Waals surface area contributed by atoms with Crippen molar-refractivity contribution >= 4 is 22.9 Å². The van der Waals surface area contributed by atoms with Crippen LogP contribution in [0.4, 0.5) is 0 Å². The van der Waals surface area contributed by atoms with Gasteiger partial charge in [0.15, 0.2) is 0 Å². The molecule has 1 rings (SSSR count). The van der Waals surface area contributed by atoms with E-state index in [4.69, 9.17) is 16.3 Å². The highest BCUT2D eigenvalue weighted by molar-refractivity contribution is 7.11. The van der Waals surface area contributed by atoms with Crippen molar-refractivity contribution in [1.29, 1.82) is 0 Å². The minimum Gasteiger partial charge on any atom is -0.381 e. The molecule has 0 saturated carbocycles. The fraction of sp³-hybridized carbons (Fsp3) is 0.625. The lowest BCUT2D eigenvalue weighted by molar-refractivity contribution is 0.119. The van der Waals surface area contributed by atoms with Gasteiger partial charge in [-0.25, -0.2) is 4.98 Å². The first-order valence-corrected chi connectivity index (χ1v) is 5.13. The topological polar surface area (TPSA) is 22.1 Å². The minimum absolute atomic E-state index is 0.235. The lowest BCUT2D eigenvalue weighted by Gasteiger charge is -2.05. The number of hydrogen-bond acceptors (Lipinski definition) is 3. The lowest BCUT2D eigenvalue weighted by Crippen LogP contribution is -2.07. The molecule has 0 bridgehead atoms. The number of thiazole rings is 1. The molecule has 0 radical (unpaired) electrons. The number of aromatic nitrogens is 1. The summed E-state index contributed by atoms with van der Waals surface area (Å²) in [7, 11) is 1.71. The molecule has 0 aliphatic rings. The molecule has 2 nitrogen and oxygen atoms in total. The van der Waals surface area contributed by atoms with Gasteiger partial charge in [0, 0.05) is 24.6 Å². The number of methoxy groups -OCH3 is 1. The maximum Gasteiger partial charge on any atom is 0.0953 e. The van der Waals surface area contributed by atoms with Crippen LogP contribution >= 0.6 is 22.9 Å². The Morgan fingerprint density at radius 1 is 1.75 bits per heavy atom. The normalized spacial score (nSPS) is 13.2. The number of rotatable bonds is 4. The average molecular weight is 206 g/mol. The van der Waals surface area contributed by atoms with E-state index in [0.717, 1.165) is 16.3 Å².